The number of fused-ring (bicyclic) bond motifs is 1. The first-order valence-electron chi connectivity index (χ1n) is 9.19. The minimum absolute atomic E-state index is 0.166. The summed E-state index contributed by atoms with van der Waals surface area (Å²) in [6, 6.07) is 13.1. The van der Waals surface area contributed by atoms with Gasteiger partial charge in [0.2, 0.25) is 10.0 Å². The Balaban J connectivity index is 1.41. The SMILES string of the molecule is O=C1O[C@H](C(=O)N2CCN(S(=O)(=O)c3ccc(Cl)cc3)CC2)Cc2ccccc21. The number of carbonyl (C=O) groups is 2. The van der Waals surface area contributed by atoms with Crippen molar-refractivity contribution in [3.05, 3.63) is 64.7 Å². The highest BCUT2D eigenvalue weighted by molar-refractivity contribution is 7.89. The molecule has 0 aromatic heterocycles. The number of esters is 1. The molecule has 4 rings (SSSR count). The largest absolute Gasteiger partial charge is 0.448 e. The number of cyclic esters (lactones) is 1. The number of piperazine rings is 1. The molecule has 0 N–H and O–H groups in total. The van der Waals surface area contributed by atoms with E-state index in [2.05, 4.69) is 0 Å². The molecule has 2 aliphatic rings. The number of carbonyl (C=O) groups excluding carboxylic acids is 2. The highest BCUT2D eigenvalue weighted by atomic mass is 35.5. The van der Waals surface area contributed by atoms with Crippen LogP contribution in [-0.2, 0) is 26.0 Å². The van der Waals surface area contributed by atoms with Crippen LogP contribution in [0.25, 0.3) is 0 Å². The molecule has 2 heterocycles. The van der Waals surface area contributed by atoms with Crippen molar-refractivity contribution < 1.29 is 22.7 Å². The predicted octanol–water partition coefficient (Wildman–Crippen LogP) is 1.95. The molecule has 1 saturated heterocycles. The molecular weight excluding hydrogens is 416 g/mol. The van der Waals surface area contributed by atoms with E-state index in [1.54, 1.807) is 17.0 Å². The lowest BCUT2D eigenvalue weighted by molar-refractivity contribution is -0.142. The summed E-state index contributed by atoms with van der Waals surface area (Å²) in [5.41, 5.74) is 1.27. The summed E-state index contributed by atoms with van der Waals surface area (Å²) in [6.45, 7) is 0.824. The zero-order valence-electron chi connectivity index (χ0n) is 15.5. The van der Waals surface area contributed by atoms with Crippen molar-refractivity contribution in [2.75, 3.05) is 26.2 Å². The van der Waals surface area contributed by atoms with Gasteiger partial charge < -0.3 is 9.64 Å². The fraction of sp³-hybridized carbons (Fsp3) is 0.300. The minimum Gasteiger partial charge on any atom is -0.448 e. The standard InChI is InChI=1S/C20H19ClN2O5S/c21-15-5-7-16(8-6-15)29(26,27)23-11-9-22(10-12-23)19(24)18-13-14-3-1-2-4-17(14)20(25)28-18/h1-8,18H,9-13H2/t18-/m0/s1. The number of rotatable bonds is 3. The summed E-state index contributed by atoms with van der Waals surface area (Å²) in [6.07, 6.45) is -0.554. The van der Waals surface area contributed by atoms with E-state index in [0.29, 0.717) is 17.0 Å². The first-order valence-corrected chi connectivity index (χ1v) is 11.0. The number of sulfonamides is 1. The molecule has 0 saturated carbocycles. The number of ether oxygens (including phenoxy) is 1. The van der Waals surface area contributed by atoms with E-state index in [9.17, 15) is 18.0 Å². The number of amides is 1. The summed E-state index contributed by atoms with van der Waals surface area (Å²) >= 11 is 5.83. The fourth-order valence-corrected chi connectivity index (χ4v) is 5.13. The first kappa shape index (κ1) is 19.9. The van der Waals surface area contributed by atoms with Gasteiger partial charge in [-0.05, 0) is 35.9 Å². The lowest BCUT2D eigenvalue weighted by Gasteiger charge is -2.36. The second-order valence-electron chi connectivity index (χ2n) is 6.94. The number of nitrogens with zero attached hydrogens (tertiary/aromatic N) is 2. The van der Waals surface area contributed by atoms with E-state index < -0.39 is 22.1 Å². The van der Waals surface area contributed by atoms with E-state index in [0.717, 1.165) is 5.56 Å². The van der Waals surface area contributed by atoms with Crippen LogP contribution in [-0.4, -0.2) is 61.8 Å². The molecule has 1 fully saturated rings. The molecule has 1 atom stereocenters. The van der Waals surface area contributed by atoms with Crippen LogP contribution in [0.1, 0.15) is 15.9 Å². The Kier molecular flexibility index (Phi) is 5.33. The average molecular weight is 435 g/mol. The van der Waals surface area contributed by atoms with E-state index in [1.165, 1.54) is 28.6 Å². The summed E-state index contributed by atoms with van der Waals surface area (Å²) < 4.78 is 32.2. The topological polar surface area (TPSA) is 84.0 Å². The van der Waals surface area contributed by atoms with Gasteiger partial charge in [-0.25, -0.2) is 13.2 Å². The minimum atomic E-state index is -3.65. The molecule has 0 bridgehead atoms. The number of hydrogen-bond donors (Lipinski definition) is 0. The van der Waals surface area contributed by atoms with Crippen LogP contribution in [0.15, 0.2) is 53.4 Å². The van der Waals surface area contributed by atoms with Gasteiger partial charge in [0, 0.05) is 37.6 Å². The van der Waals surface area contributed by atoms with Gasteiger partial charge in [-0.1, -0.05) is 29.8 Å². The quantitative estimate of drug-likeness (QED) is 0.689. The molecule has 9 heteroatoms. The van der Waals surface area contributed by atoms with Crippen LogP contribution >= 0.6 is 11.6 Å². The molecule has 2 aromatic rings. The normalized spacial score (nSPS) is 20.1. The van der Waals surface area contributed by atoms with Crippen molar-refractivity contribution >= 4 is 33.5 Å². The van der Waals surface area contributed by atoms with Crippen LogP contribution in [0.2, 0.25) is 5.02 Å². The Morgan fingerprint density at radius 1 is 1.00 bits per heavy atom. The lowest BCUT2D eigenvalue weighted by atomic mass is 9.98. The summed E-state index contributed by atoms with van der Waals surface area (Å²) in [5, 5.41) is 0.461. The zero-order chi connectivity index (χ0) is 20.6. The molecule has 152 valence electrons. The molecule has 0 aliphatic carbocycles. The van der Waals surface area contributed by atoms with Crippen molar-refractivity contribution in [2.24, 2.45) is 0 Å². The Morgan fingerprint density at radius 3 is 2.34 bits per heavy atom. The Morgan fingerprint density at radius 2 is 1.66 bits per heavy atom. The summed E-state index contributed by atoms with van der Waals surface area (Å²) in [4.78, 5) is 26.7. The van der Waals surface area contributed by atoms with Crippen LogP contribution in [0.4, 0.5) is 0 Å². The lowest BCUT2D eigenvalue weighted by Crippen LogP contribution is -2.54. The summed E-state index contributed by atoms with van der Waals surface area (Å²) in [5.74, 6) is -0.800. The molecule has 2 aromatic carbocycles. The third-order valence-corrected chi connectivity index (χ3v) is 7.33. The molecule has 1 amide bonds. The van der Waals surface area contributed by atoms with Crippen LogP contribution in [0.3, 0.4) is 0 Å². The van der Waals surface area contributed by atoms with E-state index in [-0.39, 0.29) is 37.0 Å². The van der Waals surface area contributed by atoms with Crippen LogP contribution in [0.5, 0.6) is 0 Å². The van der Waals surface area contributed by atoms with Crippen molar-refractivity contribution in [1.82, 2.24) is 9.21 Å². The maximum Gasteiger partial charge on any atom is 0.339 e. The second kappa shape index (κ2) is 7.78. The Labute approximate surface area is 173 Å². The Bertz CT molecular complexity index is 1050. The van der Waals surface area contributed by atoms with E-state index in [4.69, 9.17) is 16.3 Å². The molecule has 0 radical (unpaired) electrons. The highest BCUT2D eigenvalue weighted by Gasteiger charge is 2.36. The van der Waals surface area contributed by atoms with Gasteiger partial charge in [0.05, 0.1) is 10.5 Å². The van der Waals surface area contributed by atoms with Crippen molar-refractivity contribution in [1.29, 1.82) is 0 Å². The van der Waals surface area contributed by atoms with Gasteiger partial charge in [-0.3, -0.25) is 4.79 Å². The maximum atomic E-state index is 12.8. The number of hydrogen-bond acceptors (Lipinski definition) is 5. The monoisotopic (exact) mass is 434 g/mol. The van der Waals surface area contributed by atoms with Crippen LogP contribution < -0.4 is 0 Å². The fourth-order valence-electron chi connectivity index (χ4n) is 3.58. The highest BCUT2D eigenvalue weighted by Crippen LogP contribution is 2.23. The molecule has 7 nitrogen and oxygen atoms in total. The maximum absolute atomic E-state index is 12.8. The van der Waals surface area contributed by atoms with E-state index in [1.807, 2.05) is 12.1 Å². The summed E-state index contributed by atoms with van der Waals surface area (Å²) in [7, 11) is -3.65. The number of halogens is 1. The molecular formula is C20H19ClN2O5S. The first-order chi connectivity index (χ1) is 13.9. The van der Waals surface area contributed by atoms with Crippen molar-refractivity contribution in [3.8, 4) is 0 Å². The van der Waals surface area contributed by atoms with Crippen molar-refractivity contribution in [3.63, 3.8) is 0 Å². The smallest absolute Gasteiger partial charge is 0.339 e. The molecule has 0 unspecified atom stereocenters. The molecule has 2 aliphatic heterocycles. The van der Waals surface area contributed by atoms with Gasteiger partial charge in [0.15, 0.2) is 6.10 Å². The van der Waals surface area contributed by atoms with Gasteiger partial charge in [0.1, 0.15) is 0 Å². The van der Waals surface area contributed by atoms with Gasteiger partial charge in [-0.2, -0.15) is 4.31 Å². The average Bonchev–Trinajstić information content (AvgIpc) is 2.73. The predicted molar refractivity (Wildman–Crippen MR) is 106 cm³/mol. The third kappa shape index (κ3) is 3.88. The van der Waals surface area contributed by atoms with Crippen LogP contribution in [0, 0.1) is 0 Å². The number of benzene rings is 2. The zero-order valence-corrected chi connectivity index (χ0v) is 17.0. The van der Waals surface area contributed by atoms with E-state index >= 15 is 0 Å². The second-order valence-corrected chi connectivity index (χ2v) is 9.31. The third-order valence-electron chi connectivity index (χ3n) is 5.17. The molecule has 29 heavy (non-hydrogen) atoms. The van der Waals surface area contributed by atoms with Gasteiger partial charge >= 0.3 is 5.97 Å². The van der Waals surface area contributed by atoms with Gasteiger partial charge in [-0.15, -0.1) is 0 Å². The Hall–Kier alpha value is -2.42. The molecule has 0 spiro atoms. The van der Waals surface area contributed by atoms with Crippen molar-refractivity contribution in [2.45, 2.75) is 17.4 Å². The van der Waals surface area contributed by atoms with Gasteiger partial charge in [0.25, 0.3) is 5.91 Å².